The van der Waals surface area contributed by atoms with E-state index in [4.69, 9.17) is 0 Å². The van der Waals surface area contributed by atoms with E-state index in [9.17, 15) is 22.8 Å². The van der Waals surface area contributed by atoms with Crippen LogP contribution in [0, 0.1) is 0 Å². The van der Waals surface area contributed by atoms with Crippen molar-refractivity contribution < 1.29 is 22.8 Å². The maximum Gasteiger partial charge on any atom is 0.416 e. The molecule has 1 aliphatic heterocycles. The number of hydrogen-bond acceptors (Lipinski definition) is 2. The van der Waals surface area contributed by atoms with E-state index in [0.717, 1.165) is 30.5 Å². The van der Waals surface area contributed by atoms with Gasteiger partial charge in [0, 0.05) is 37.2 Å². The predicted octanol–water partition coefficient (Wildman–Crippen LogP) is 4.93. The lowest BCUT2D eigenvalue weighted by Gasteiger charge is -2.33. The lowest BCUT2D eigenvalue weighted by molar-refractivity contribution is -0.137. The predicted molar refractivity (Wildman–Crippen MR) is 116 cm³/mol. The fourth-order valence-electron chi connectivity index (χ4n) is 3.85. The Morgan fingerprint density at radius 1 is 1.12 bits per heavy atom. The molecular weight excluding hydrogens is 419 g/mol. The zero-order valence-electron chi connectivity index (χ0n) is 18.2. The molecule has 0 radical (unpaired) electrons. The van der Waals surface area contributed by atoms with Gasteiger partial charge >= 0.3 is 12.2 Å². The van der Waals surface area contributed by atoms with Crippen molar-refractivity contribution in [3.05, 3.63) is 70.8 Å². The minimum absolute atomic E-state index is 0.000436. The smallest absolute Gasteiger partial charge is 0.348 e. The molecule has 32 heavy (non-hydrogen) atoms. The van der Waals surface area contributed by atoms with Crippen LogP contribution in [-0.2, 0) is 12.7 Å². The third kappa shape index (κ3) is 6.24. The number of carbonyl (C=O) groups is 2. The number of carbonyl (C=O) groups excluding carboxylic acids is 2. The van der Waals surface area contributed by atoms with E-state index in [0.29, 0.717) is 24.2 Å². The molecule has 5 nitrogen and oxygen atoms in total. The molecule has 3 rings (SSSR count). The van der Waals surface area contributed by atoms with Crippen LogP contribution in [0.3, 0.4) is 0 Å². The number of amides is 3. The number of nitrogens with zero attached hydrogens (tertiary/aromatic N) is 1. The SMILES string of the molecule is CC(C)NC(=O)N1CCCC(c2cccc(C(=O)NCc3cccc(C(F)(F)F)c3)c2)C1. The normalized spacial score (nSPS) is 16.7. The van der Waals surface area contributed by atoms with Crippen LogP contribution in [0.4, 0.5) is 18.0 Å². The van der Waals surface area contributed by atoms with Gasteiger partial charge in [0.05, 0.1) is 5.56 Å². The van der Waals surface area contributed by atoms with E-state index in [1.54, 1.807) is 29.2 Å². The Labute approximate surface area is 186 Å². The molecule has 1 fully saturated rings. The highest BCUT2D eigenvalue weighted by molar-refractivity contribution is 5.94. The zero-order chi connectivity index (χ0) is 23.3. The Bertz CT molecular complexity index is 960. The largest absolute Gasteiger partial charge is 0.416 e. The third-order valence-corrected chi connectivity index (χ3v) is 5.45. The summed E-state index contributed by atoms with van der Waals surface area (Å²) in [5.41, 5.74) is 1.05. The van der Waals surface area contributed by atoms with Gasteiger partial charge < -0.3 is 15.5 Å². The third-order valence-electron chi connectivity index (χ3n) is 5.45. The molecule has 1 atom stereocenters. The van der Waals surface area contributed by atoms with Crippen molar-refractivity contribution in [3.63, 3.8) is 0 Å². The van der Waals surface area contributed by atoms with Gasteiger partial charge in [-0.05, 0) is 62.1 Å². The summed E-state index contributed by atoms with van der Waals surface area (Å²) in [6.45, 7) is 5.11. The number of rotatable bonds is 5. The number of halogens is 3. The van der Waals surface area contributed by atoms with E-state index < -0.39 is 11.7 Å². The monoisotopic (exact) mass is 447 g/mol. The highest BCUT2D eigenvalue weighted by Gasteiger charge is 2.30. The quantitative estimate of drug-likeness (QED) is 0.683. The summed E-state index contributed by atoms with van der Waals surface area (Å²) in [6.07, 6.45) is -2.63. The Morgan fingerprint density at radius 2 is 1.88 bits per heavy atom. The van der Waals surface area contributed by atoms with Gasteiger partial charge in [0.1, 0.15) is 0 Å². The second-order valence-corrected chi connectivity index (χ2v) is 8.40. The average molecular weight is 448 g/mol. The van der Waals surface area contributed by atoms with Crippen LogP contribution in [0.15, 0.2) is 48.5 Å². The second kappa shape index (κ2) is 10.1. The summed E-state index contributed by atoms with van der Waals surface area (Å²) < 4.78 is 38.6. The van der Waals surface area contributed by atoms with Gasteiger partial charge in [-0.2, -0.15) is 13.2 Å². The molecule has 172 valence electrons. The summed E-state index contributed by atoms with van der Waals surface area (Å²) in [6, 6.07) is 12.1. The van der Waals surface area contributed by atoms with E-state index in [1.807, 2.05) is 19.9 Å². The van der Waals surface area contributed by atoms with Crippen molar-refractivity contribution in [3.8, 4) is 0 Å². The fourth-order valence-corrected chi connectivity index (χ4v) is 3.85. The number of likely N-dealkylation sites (tertiary alicyclic amines) is 1. The summed E-state index contributed by atoms with van der Waals surface area (Å²) in [5.74, 6) is -0.229. The molecule has 2 N–H and O–H groups in total. The molecule has 2 aromatic rings. The Kier molecular flexibility index (Phi) is 7.43. The number of benzene rings is 2. The van der Waals surface area contributed by atoms with Crippen LogP contribution in [-0.4, -0.2) is 36.0 Å². The van der Waals surface area contributed by atoms with Crippen LogP contribution in [0.2, 0.25) is 0 Å². The number of piperidine rings is 1. The van der Waals surface area contributed by atoms with Crippen molar-refractivity contribution in [2.24, 2.45) is 0 Å². The standard InChI is InChI=1S/C24H28F3N3O2/c1-16(2)29-23(32)30-11-5-9-20(15-30)18-7-4-8-19(13-18)22(31)28-14-17-6-3-10-21(12-17)24(25,26)27/h3-4,6-8,10,12-13,16,20H,5,9,11,14-15H2,1-2H3,(H,28,31)(H,29,32). The highest BCUT2D eigenvalue weighted by atomic mass is 19.4. The Hall–Kier alpha value is -3.03. The molecule has 2 aromatic carbocycles. The van der Waals surface area contributed by atoms with Crippen molar-refractivity contribution in [2.45, 2.75) is 51.4 Å². The minimum atomic E-state index is -4.42. The maximum absolute atomic E-state index is 12.9. The fraction of sp³-hybridized carbons (Fsp3) is 0.417. The molecule has 1 heterocycles. The Balaban J connectivity index is 1.64. The summed E-state index contributed by atoms with van der Waals surface area (Å²) >= 11 is 0. The number of urea groups is 1. The second-order valence-electron chi connectivity index (χ2n) is 8.40. The van der Waals surface area contributed by atoms with Crippen LogP contribution in [0.5, 0.6) is 0 Å². The molecule has 0 aliphatic carbocycles. The van der Waals surface area contributed by atoms with E-state index >= 15 is 0 Å². The molecule has 1 unspecified atom stereocenters. The molecule has 1 saturated heterocycles. The van der Waals surface area contributed by atoms with Crippen molar-refractivity contribution in [1.29, 1.82) is 0 Å². The lowest BCUT2D eigenvalue weighted by atomic mass is 9.89. The van der Waals surface area contributed by atoms with E-state index in [-0.39, 0.29) is 30.4 Å². The Morgan fingerprint density at radius 3 is 2.59 bits per heavy atom. The number of nitrogens with one attached hydrogen (secondary N) is 2. The van der Waals surface area contributed by atoms with Gasteiger partial charge in [0.25, 0.3) is 5.91 Å². The first-order valence-electron chi connectivity index (χ1n) is 10.7. The summed E-state index contributed by atoms with van der Waals surface area (Å²) in [7, 11) is 0. The molecule has 3 amide bonds. The molecule has 0 saturated carbocycles. The first-order chi connectivity index (χ1) is 15.1. The number of alkyl halides is 3. The van der Waals surface area contributed by atoms with Gasteiger partial charge in [-0.15, -0.1) is 0 Å². The molecule has 1 aliphatic rings. The van der Waals surface area contributed by atoms with Crippen molar-refractivity contribution in [1.82, 2.24) is 15.5 Å². The van der Waals surface area contributed by atoms with Crippen LogP contribution < -0.4 is 10.6 Å². The molecular formula is C24H28F3N3O2. The van der Waals surface area contributed by atoms with Gasteiger partial charge in [-0.25, -0.2) is 4.79 Å². The maximum atomic E-state index is 12.9. The van der Waals surface area contributed by atoms with Gasteiger partial charge in [-0.3, -0.25) is 4.79 Å². The van der Waals surface area contributed by atoms with Crippen LogP contribution in [0.25, 0.3) is 0 Å². The molecule has 8 heteroatoms. The summed E-state index contributed by atoms with van der Waals surface area (Å²) in [4.78, 5) is 26.8. The number of hydrogen-bond donors (Lipinski definition) is 2. The van der Waals surface area contributed by atoms with E-state index in [2.05, 4.69) is 10.6 Å². The van der Waals surface area contributed by atoms with Crippen molar-refractivity contribution >= 4 is 11.9 Å². The topological polar surface area (TPSA) is 61.4 Å². The summed E-state index contributed by atoms with van der Waals surface area (Å²) in [5, 5.41) is 5.60. The van der Waals surface area contributed by atoms with Gasteiger partial charge in [-0.1, -0.05) is 24.3 Å². The molecule has 0 aromatic heterocycles. The van der Waals surface area contributed by atoms with Crippen molar-refractivity contribution in [2.75, 3.05) is 13.1 Å². The van der Waals surface area contributed by atoms with Gasteiger partial charge in [0.2, 0.25) is 0 Å². The highest BCUT2D eigenvalue weighted by Crippen LogP contribution is 2.30. The van der Waals surface area contributed by atoms with Crippen LogP contribution >= 0.6 is 0 Å². The lowest BCUT2D eigenvalue weighted by Crippen LogP contribution is -2.47. The average Bonchev–Trinajstić information content (AvgIpc) is 2.77. The molecule has 0 bridgehead atoms. The minimum Gasteiger partial charge on any atom is -0.348 e. The first kappa shape index (κ1) is 23.6. The first-order valence-corrected chi connectivity index (χ1v) is 10.7. The van der Waals surface area contributed by atoms with Gasteiger partial charge in [0.15, 0.2) is 0 Å². The van der Waals surface area contributed by atoms with Crippen LogP contribution in [0.1, 0.15) is 59.7 Å². The van der Waals surface area contributed by atoms with E-state index in [1.165, 1.54) is 6.07 Å². The molecule has 0 spiro atoms. The zero-order valence-corrected chi connectivity index (χ0v) is 18.2.